The van der Waals surface area contributed by atoms with Crippen molar-refractivity contribution in [3.8, 4) is 0 Å². The lowest BCUT2D eigenvalue weighted by Crippen LogP contribution is -2.43. The molecule has 1 aromatic rings. The van der Waals surface area contributed by atoms with E-state index in [0.717, 1.165) is 5.56 Å². The highest BCUT2D eigenvalue weighted by molar-refractivity contribution is 5.85. The normalized spacial score (nSPS) is 11.4. The fourth-order valence-electron chi connectivity index (χ4n) is 1.17. The first-order chi connectivity index (χ1) is 7.24. The van der Waals surface area contributed by atoms with Gasteiger partial charge in [0.25, 0.3) is 0 Å². The van der Waals surface area contributed by atoms with Gasteiger partial charge in [0.1, 0.15) is 6.04 Å². The number of methoxy groups -OCH3 is 1. The average molecular weight is 245 g/mol. The molecule has 0 spiro atoms. The summed E-state index contributed by atoms with van der Waals surface area (Å²) in [5, 5.41) is 2.74. The van der Waals surface area contributed by atoms with Crippen LogP contribution in [0.15, 0.2) is 30.3 Å². The summed E-state index contributed by atoms with van der Waals surface area (Å²) in [4.78, 5) is 11.4. The van der Waals surface area contributed by atoms with E-state index in [4.69, 9.17) is 10.5 Å². The number of amides is 1. The second-order valence-electron chi connectivity index (χ2n) is 3.27. The molecule has 1 rings (SSSR count). The van der Waals surface area contributed by atoms with Gasteiger partial charge in [-0.1, -0.05) is 30.3 Å². The van der Waals surface area contributed by atoms with E-state index in [1.165, 1.54) is 7.11 Å². The van der Waals surface area contributed by atoms with Crippen LogP contribution in [-0.4, -0.2) is 25.7 Å². The van der Waals surface area contributed by atoms with Crippen LogP contribution >= 0.6 is 12.4 Å². The van der Waals surface area contributed by atoms with E-state index < -0.39 is 6.04 Å². The van der Waals surface area contributed by atoms with E-state index in [1.807, 2.05) is 30.3 Å². The highest BCUT2D eigenvalue weighted by atomic mass is 35.5. The van der Waals surface area contributed by atoms with Crippen LogP contribution in [0.4, 0.5) is 0 Å². The number of halogens is 1. The van der Waals surface area contributed by atoms with Gasteiger partial charge in [0.15, 0.2) is 0 Å². The summed E-state index contributed by atoms with van der Waals surface area (Å²) in [7, 11) is 1.52. The topological polar surface area (TPSA) is 64.3 Å². The number of ether oxygens (including phenoxy) is 1. The van der Waals surface area contributed by atoms with Crippen molar-refractivity contribution in [3.63, 3.8) is 0 Å². The number of carbonyl (C=O) groups is 1. The molecule has 3 N–H and O–H groups in total. The fourth-order valence-corrected chi connectivity index (χ4v) is 1.17. The molecule has 0 heterocycles. The zero-order valence-corrected chi connectivity index (χ0v) is 10.00. The largest absolute Gasteiger partial charge is 0.383 e. The summed E-state index contributed by atoms with van der Waals surface area (Å²) in [6.45, 7) is 0.734. The first-order valence-electron chi connectivity index (χ1n) is 4.80. The fraction of sp³-hybridized carbons (Fsp3) is 0.364. The summed E-state index contributed by atoms with van der Waals surface area (Å²) in [5.41, 5.74) is 6.61. The average Bonchev–Trinajstić information content (AvgIpc) is 2.27. The summed E-state index contributed by atoms with van der Waals surface area (Å²) < 4.78 is 4.79. The molecule has 4 nitrogen and oxygen atoms in total. The van der Waals surface area contributed by atoms with Crippen molar-refractivity contribution in [1.29, 1.82) is 0 Å². The van der Waals surface area contributed by atoms with Crippen molar-refractivity contribution in [2.45, 2.75) is 12.6 Å². The molecule has 1 atom stereocenters. The Kier molecular flexibility index (Phi) is 7.54. The lowest BCUT2D eigenvalue weighted by atomic mass is 10.2. The molecule has 5 heteroatoms. The number of nitrogens with two attached hydrogens (primary N) is 1. The van der Waals surface area contributed by atoms with Gasteiger partial charge in [-0.25, -0.2) is 0 Å². The number of hydrogen-bond donors (Lipinski definition) is 2. The van der Waals surface area contributed by atoms with Crippen LogP contribution in [0, 0.1) is 0 Å². The Bertz CT molecular complexity index is 306. The third-order valence-electron chi connectivity index (χ3n) is 1.99. The quantitative estimate of drug-likeness (QED) is 0.802. The second-order valence-corrected chi connectivity index (χ2v) is 3.27. The highest BCUT2D eigenvalue weighted by Crippen LogP contribution is 1.97. The van der Waals surface area contributed by atoms with Gasteiger partial charge in [0.2, 0.25) is 5.91 Å². The molecule has 0 saturated heterocycles. The van der Waals surface area contributed by atoms with E-state index in [1.54, 1.807) is 0 Å². The van der Waals surface area contributed by atoms with Gasteiger partial charge in [-0.05, 0) is 5.56 Å². The molecule has 0 aliphatic heterocycles. The van der Waals surface area contributed by atoms with Gasteiger partial charge in [-0.3, -0.25) is 4.79 Å². The maximum Gasteiger partial charge on any atom is 0.239 e. The van der Waals surface area contributed by atoms with Crippen molar-refractivity contribution in [2.24, 2.45) is 5.73 Å². The maximum atomic E-state index is 11.4. The third kappa shape index (κ3) is 5.11. The molecule has 1 amide bonds. The Morgan fingerprint density at radius 2 is 2.06 bits per heavy atom. The Labute approximate surface area is 102 Å². The highest BCUT2D eigenvalue weighted by Gasteiger charge is 2.11. The molecule has 0 aromatic heterocycles. The Hall–Kier alpha value is -1.10. The molecule has 0 saturated carbocycles. The van der Waals surface area contributed by atoms with Crippen LogP contribution < -0.4 is 11.1 Å². The van der Waals surface area contributed by atoms with Crippen LogP contribution in [-0.2, 0) is 16.1 Å². The predicted molar refractivity (Wildman–Crippen MR) is 65.4 cm³/mol. The van der Waals surface area contributed by atoms with Gasteiger partial charge in [-0.2, -0.15) is 0 Å². The second kappa shape index (κ2) is 8.10. The molecule has 0 unspecified atom stereocenters. The van der Waals surface area contributed by atoms with Crippen molar-refractivity contribution in [1.82, 2.24) is 5.32 Å². The lowest BCUT2D eigenvalue weighted by Gasteiger charge is -2.10. The molecule has 0 radical (unpaired) electrons. The van der Waals surface area contributed by atoms with E-state index in [-0.39, 0.29) is 24.9 Å². The number of nitrogens with one attached hydrogen (secondary N) is 1. The van der Waals surface area contributed by atoms with E-state index in [0.29, 0.717) is 6.54 Å². The first-order valence-corrected chi connectivity index (χ1v) is 4.80. The van der Waals surface area contributed by atoms with Gasteiger partial charge >= 0.3 is 0 Å². The molecule has 1 aromatic carbocycles. The predicted octanol–water partition coefficient (Wildman–Crippen LogP) is 0.698. The van der Waals surface area contributed by atoms with E-state index in [9.17, 15) is 4.79 Å². The standard InChI is InChI=1S/C11H16N2O2.ClH/c1-15-8-10(12)11(14)13-7-9-5-3-2-4-6-9;/h2-6,10H,7-8,12H2,1H3,(H,13,14);1H/t10-;/m1./s1. The van der Waals surface area contributed by atoms with Crippen LogP contribution in [0.5, 0.6) is 0 Å². The van der Waals surface area contributed by atoms with Crippen LogP contribution in [0.25, 0.3) is 0 Å². The van der Waals surface area contributed by atoms with Crippen molar-refractivity contribution >= 4 is 18.3 Å². The summed E-state index contributed by atoms with van der Waals surface area (Å²) in [5.74, 6) is -0.194. The Morgan fingerprint density at radius 1 is 1.44 bits per heavy atom. The minimum atomic E-state index is -0.598. The smallest absolute Gasteiger partial charge is 0.239 e. The van der Waals surface area contributed by atoms with Gasteiger partial charge in [-0.15, -0.1) is 12.4 Å². The lowest BCUT2D eigenvalue weighted by molar-refractivity contribution is -0.123. The van der Waals surface area contributed by atoms with Crippen LogP contribution in [0.1, 0.15) is 5.56 Å². The van der Waals surface area contributed by atoms with Crippen LogP contribution in [0.3, 0.4) is 0 Å². The number of rotatable bonds is 5. The molecule has 0 bridgehead atoms. The molecular weight excluding hydrogens is 228 g/mol. The molecule has 0 fully saturated rings. The minimum Gasteiger partial charge on any atom is -0.383 e. The van der Waals surface area contributed by atoms with E-state index in [2.05, 4.69) is 5.32 Å². The maximum absolute atomic E-state index is 11.4. The number of hydrogen-bond acceptors (Lipinski definition) is 3. The van der Waals surface area contributed by atoms with Crippen molar-refractivity contribution < 1.29 is 9.53 Å². The Balaban J connectivity index is 0.00000225. The zero-order chi connectivity index (χ0) is 11.1. The number of carbonyl (C=O) groups excluding carboxylic acids is 1. The summed E-state index contributed by atoms with van der Waals surface area (Å²) in [6.07, 6.45) is 0. The minimum absolute atomic E-state index is 0. The Morgan fingerprint density at radius 3 is 2.62 bits per heavy atom. The third-order valence-corrected chi connectivity index (χ3v) is 1.99. The van der Waals surface area contributed by atoms with Crippen molar-refractivity contribution in [2.75, 3.05) is 13.7 Å². The first kappa shape index (κ1) is 14.9. The van der Waals surface area contributed by atoms with Crippen LogP contribution in [0.2, 0.25) is 0 Å². The molecule has 0 aliphatic rings. The van der Waals surface area contributed by atoms with Gasteiger partial charge in [0.05, 0.1) is 6.61 Å². The molecule has 0 aliphatic carbocycles. The monoisotopic (exact) mass is 244 g/mol. The molecule has 16 heavy (non-hydrogen) atoms. The summed E-state index contributed by atoms with van der Waals surface area (Å²) >= 11 is 0. The van der Waals surface area contributed by atoms with Crippen molar-refractivity contribution in [3.05, 3.63) is 35.9 Å². The SMILES string of the molecule is COC[C@@H](N)C(=O)NCc1ccccc1.Cl. The zero-order valence-electron chi connectivity index (χ0n) is 9.18. The van der Waals surface area contributed by atoms with E-state index >= 15 is 0 Å². The number of benzene rings is 1. The summed E-state index contributed by atoms with van der Waals surface area (Å²) in [6, 6.07) is 9.08. The molecular formula is C11H17ClN2O2. The van der Waals surface area contributed by atoms with Gasteiger partial charge < -0.3 is 15.8 Å². The van der Waals surface area contributed by atoms with Gasteiger partial charge in [0, 0.05) is 13.7 Å². The molecule has 90 valence electrons.